The number of pyridine rings is 1. The van der Waals surface area contributed by atoms with E-state index in [9.17, 15) is 9.60 Å². The van der Waals surface area contributed by atoms with Gasteiger partial charge >= 0.3 is 0 Å². The quantitative estimate of drug-likeness (QED) is 0.447. The van der Waals surface area contributed by atoms with E-state index in [-0.39, 0.29) is 22.8 Å². The van der Waals surface area contributed by atoms with E-state index < -0.39 is 0 Å². The summed E-state index contributed by atoms with van der Waals surface area (Å²) in [7, 11) is 1.74. The highest BCUT2D eigenvalue weighted by Gasteiger charge is 2.17. The average Bonchev–Trinajstić information content (AvgIpc) is 3.12. The smallest absolute Gasteiger partial charge is 0.270 e. The predicted octanol–water partition coefficient (Wildman–Crippen LogP) is 2.04. The third-order valence-electron chi connectivity index (χ3n) is 3.87. The molecule has 3 heterocycles. The van der Waals surface area contributed by atoms with E-state index >= 15 is 0 Å². The second-order valence-corrected chi connectivity index (χ2v) is 5.60. The Balaban J connectivity index is 1.77. The summed E-state index contributed by atoms with van der Waals surface area (Å²) in [5.41, 5.74) is 2.20. The van der Waals surface area contributed by atoms with Gasteiger partial charge in [0.1, 0.15) is 11.3 Å². The summed E-state index contributed by atoms with van der Waals surface area (Å²) >= 11 is 0. The Kier molecular flexibility index (Phi) is 3.88. The number of hydrogen-bond donors (Lipinski definition) is 1. The molecular formula is C17H13FN6O2. The van der Waals surface area contributed by atoms with Crippen molar-refractivity contribution in [1.29, 1.82) is 0 Å². The first-order valence-corrected chi connectivity index (χ1v) is 7.73. The SMILES string of the molecule is Cn1nc(-c2nnc(Cc3ccc(F)cc3)o2)/c(=N\O)c2ncccc21. The van der Waals surface area contributed by atoms with Crippen LogP contribution in [0.4, 0.5) is 4.39 Å². The standard InChI is InChI=1S/C17H13FN6O2/c1-24-12-3-2-8-19-14(12)15(23-25)16(22-24)17-21-20-13(26-17)9-10-4-6-11(18)7-5-10/h2-8,25H,9H2,1H3/b23-15-. The molecule has 3 aromatic heterocycles. The van der Waals surface area contributed by atoms with E-state index in [1.807, 2.05) is 6.07 Å². The van der Waals surface area contributed by atoms with Gasteiger partial charge in [0.25, 0.3) is 5.89 Å². The molecule has 26 heavy (non-hydrogen) atoms. The first-order valence-electron chi connectivity index (χ1n) is 7.73. The molecule has 0 aliphatic carbocycles. The molecule has 4 rings (SSSR count). The highest BCUT2D eigenvalue weighted by molar-refractivity contribution is 5.76. The van der Waals surface area contributed by atoms with Crippen LogP contribution in [-0.2, 0) is 13.5 Å². The van der Waals surface area contributed by atoms with Crippen LogP contribution in [0.5, 0.6) is 0 Å². The summed E-state index contributed by atoms with van der Waals surface area (Å²) in [6, 6.07) is 9.59. The van der Waals surface area contributed by atoms with Crippen molar-refractivity contribution in [3.8, 4) is 11.6 Å². The van der Waals surface area contributed by atoms with E-state index in [1.165, 1.54) is 12.1 Å². The summed E-state index contributed by atoms with van der Waals surface area (Å²) < 4.78 is 20.3. The van der Waals surface area contributed by atoms with Crippen molar-refractivity contribution >= 4 is 11.0 Å². The van der Waals surface area contributed by atoms with Crippen LogP contribution in [0, 0.1) is 5.82 Å². The Morgan fingerprint density at radius 1 is 1.19 bits per heavy atom. The van der Waals surface area contributed by atoms with Crippen LogP contribution < -0.4 is 5.36 Å². The molecule has 0 saturated heterocycles. The van der Waals surface area contributed by atoms with Gasteiger partial charge in [0.2, 0.25) is 5.89 Å². The van der Waals surface area contributed by atoms with Gasteiger partial charge < -0.3 is 9.62 Å². The zero-order valence-electron chi connectivity index (χ0n) is 13.7. The fourth-order valence-electron chi connectivity index (χ4n) is 2.64. The van der Waals surface area contributed by atoms with Crippen LogP contribution in [0.25, 0.3) is 22.6 Å². The molecule has 4 aromatic rings. The molecule has 9 heteroatoms. The molecule has 1 N–H and O–H groups in total. The van der Waals surface area contributed by atoms with Crippen LogP contribution in [0.2, 0.25) is 0 Å². The molecular weight excluding hydrogens is 339 g/mol. The molecule has 0 unspecified atom stereocenters. The van der Waals surface area contributed by atoms with E-state index in [0.29, 0.717) is 23.3 Å². The Bertz CT molecular complexity index is 1150. The monoisotopic (exact) mass is 352 g/mol. The van der Waals surface area contributed by atoms with Gasteiger partial charge in [-0.2, -0.15) is 5.10 Å². The lowest BCUT2D eigenvalue weighted by molar-refractivity contribution is 0.302. The van der Waals surface area contributed by atoms with Gasteiger partial charge in [-0.3, -0.25) is 9.67 Å². The van der Waals surface area contributed by atoms with Crippen molar-refractivity contribution < 1.29 is 14.0 Å². The van der Waals surface area contributed by atoms with Crippen LogP contribution in [0.15, 0.2) is 52.2 Å². The maximum Gasteiger partial charge on any atom is 0.270 e. The normalized spacial score (nSPS) is 12.0. The molecule has 0 aliphatic heterocycles. The summed E-state index contributed by atoms with van der Waals surface area (Å²) in [5.74, 6) is 0.133. The molecule has 0 saturated carbocycles. The zero-order valence-corrected chi connectivity index (χ0v) is 13.7. The van der Waals surface area contributed by atoms with Gasteiger partial charge in [-0.05, 0) is 29.8 Å². The molecule has 0 spiro atoms. The Hall–Kier alpha value is -3.62. The van der Waals surface area contributed by atoms with Crippen LogP contribution in [0.1, 0.15) is 11.5 Å². The van der Waals surface area contributed by atoms with Crippen molar-refractivity contribution in [3.05, 3.63) is 65.2 Å². The molecule has 0 radical (unpaired) electrons. The topological polar surface area (TPSA) is 102 Å². The molecule has 0 amide bonds. The molecule has 0 atom stereocenters. The fraction of sp³-hybridized carbons (Fsp3) is 0.118. The first-order chi connectivity index (χ1) is 12.7. The first kappa shape index (κ1) is 15.9. The van der Waals surface area contributed by atoms with Gasteiger partial charge in [-0.25, -0.2) is 4.39 Å². The second kappa shape index (κ2) is 6.36. The van der Waals surface area contributed by atoms with Crippen molar-refractivity contribution in [2.45, 2.75) is 6.42 Å². The van der Waals surface area contributed by atoms with E-state index in [1.54, 1.807) is 36.1 Å². The summed E-state index contributed by atoms with van der Waals surface area (Å²) in [6.45, 7) is 0. The summed E-state index contributed by atoms with van der Waals surface area (Å²) in [6.07, 6.45) is 1.94. The Morgan fingerprint density at radius 3 is 2.77 bits per heavy atom. The average molecular weight is 352 g/mol. The van der Waals surface area contributed by atoms with E-state index in [2.05, 4.69) is 25.4 Å². The Labute approximate surface area is 146 Å². The van der Waals surface area contributed by atoms with Crippen molar-refractivity contribution in [1.82, 2.24) is 25.0 Å². The highest BCUT2D eigenvalue weighted by Crippen LogP contribution is 2.17. The largest absolute Gasteiger partial charge is 0.419 e. The predicted molar refractivity (Wildman–Crippen MR) is 88.4 cm³/mol. The van der Waals surface area contributed by atoms with Gasteiger partial charge in [-0.1, -0.05) is 17.3 Å². The van der Waals surface area contributed by atoms with E-state index in [0.717, 1.165) is 5.56 Å². The van der Waals surface area contributed by atoms with Crippen molar-refractivity contribution in [2.24, 2.45) is 12.2 Å². The van der Waals surface area contributed by atoms with Gasteiger partial charge in [0.15, 0.2) is 11.1 Å². The molecule has 8 nitrogen and oxygen atoms in total. The maximum absolute atomic E-state index is 13.0. The van der Waals surface area contributed by atoms with Crippen molar-refractivity contribution in [3.63, 3.8) is 0 Å². The number of fused-ring (bicyclic) bond motifs is 1. The third-order valence-corrected chi connectivity index (χ3v) is 3.87. The zero-order chi connectivity index (χ0) is 18.1. The van der Waals surface area contributed by atoms with Crippen LogP contribution >= 0.6 is 0 Å². The third kappa shape index (κ3) is 2.79. The van der Waals surface area contributed by atoms with Crippen molar-refractivity contribution in [2.75, 3.05) is 0 Å². The van der Waals surface area contributed by atoms with Crippen LogP contribution in [0.3, 0.4) is 0 Å². The van der Waals surface area contributed by atoms with Gasteiger partial charge in [0, 0.05) is 13.2 Å². The minimum atomic E-state index is -0.311. The number of nitrogens with zero attached hydrogens (tertiary/aromatic N) is 6. The summed E-state index contributed by atoms with van der Waals surface area (Å²) in [4.78, 5) is 4.24. The maximum atomic E-state index is 13.0. The highest BCUT2D eigenvalue weighted by atomic mass is 19.1. The lowest BCUT2D eigenvalue weighted by atomic mass is 10.1. The lowest BCUT2D eigenvalue weighted by Crippen LogP contribution is -2.17. The fourth-order valence-corrected chi connectivity index (χ4v) is 2.64. The molecule has 0 aliphatic rings. The number of hydrogen-bond acceptors (Lipinski definition) is 7. The number of halogens is 1. The molecule has 1 aromatic carbocycles. The van der Waals surface area contributed by atoms with Gasteiger partial charge in [-0.15, -0.1) is 10.2 Å². The van der Waals surface area contributed by atoms with Crippen LogP contribution in [-0.4, -0.2) is 30.2 Å². The Morgan fingerprint density at radius 2 is 2.00 bits per heavy atom. The molecule has 0 fully saturated rings. The molecule has 130 valence electrons. The molecule has 0 bridgehead atoms. The number of aromatic nitrogens is 5. The summed E-state index contributed by atoms with van der Waals surface area (Å²) in [5, 5.41) is 25.2. The van der Waals surface area contributed by atoms with E-state index in [4.69, 9.17) is 4.42 Å². The number of rotatable bonds is 3. The minimum absolute atomic E-state index is 0.109. The number of benzene rings is 1. The minimum Gasteiger partial charge on any atom is -0.419 e. The lowest BCUT2D eigenvalue weighted by Gasteiger charge is -2.05. The van der Waals surface area contributed by atoms with Gasteiger partial charge in [0.05, 0.1) is 11.9 Å². The second-order valence-electron chi connectivity index (χ2n) is 5.60. The number of aryl methyl sites for hydroxylation is 1.